The van der Waals surface area contributed by atoms with E-state index in [2.05, 4.69) is 5.32 Å². The number of methoxy groups -OCH3 is 3. The molecule has 1 fully saturated rings. The fraction of sp³-hybridized carbons (Fsp3) is 0.231. The largest absolute Gasteiger partial charge is 0.497 e. The minimum atomic E-state index is -0.621. The van der Waals surface area contributed by atoms with Crippen LogP contribution in [0.1, 0.15) is 18.0 Å². The first-order valence-corrected chi connectivity index (χ1v) is 11.1. The topological polar surface area (TPSA) is 77.1 Å². The van der Waals surface area contributed by atoms with Crippen molar-refractivity contribution in [2.24, 2.45) is 5.92 Å². The third-order valence-corrected chi connectivity index (χ3v) is 6.18. The molecule has 4 rings (SSSR count). The summed E-state index contributed by atoms with van der Waals surface area (Å²) in [6, 6.07) is 19.1. The average molecular weight is 481 g/mol. The van der Waals surface area contributed by atoms with Crippen molar-refractivity contribution in [2.75, 3.05) is 31.5 Å². The van der Waals surface area contributed by atoms with Gasteiger partial charge in [-0.25, -0.2) is 0 Å². The van der Waals surface area contributed by atoms with Gasteiger partial charge in [-0.2, -0.15) is 0 Å². The van der Waals surface area contributed by atoms with Crippen molar-refractivity contribution in [1.29, 1.82) is 0 Å². The van der Waals surface area contributed by atoms with Gasteiger partial charge < -0.3 is 24.4 Å². The highest BCUT2D eigenvalue weighted by molar-refractivity contribution is 6.32. The van der Waals surface area contributed by atoms with E-state index in [9.17, 15) is 9.59 Å². The highest BCUT2D eigenvalue weighted by atomic mass is 35.5. The first kappa shape index (κ1) is 23.4. The minimum Gasteiger partial charge on any atom is -0.497 e. The van der Waals surface area contributed by atoms with Crippen molar-refractivity contribution < 1.29 is 23.8 Å². The molecule has 176 valence electrons. The number of carbonyl (C=O) groups is 2. The van der Waals surface area contributed by atoms with Gasteiger partial charge in [-0.3, -0.25) is 9.59 Å². The summed E-state index contributed by atoms with van der Waals surface area (Å²) in [6.07, 6.45) is 0.0679. The molecule has 0 aromatic heterocycles. The number of benzene rings is 3. The molecule has 3 aromatic carbocycles. The van der Waals surface area contributed by atoms with E-state index in [1.165, 1.54) is 7.11 Å². The number of nitrogens with one attached hydrogen (secondary N) is 1. The Kier molecular flexibility index (Phi) is 6.93. The summed E-state index contributed by atoms with van der Waals surface area (Å²) in [5, 5.41) is 3.29. The number of amides is 2. The number of halogens is 1. The van der Waals surface area contributed by atoms with Crippen molar-refractivity contribution >= 4 is 34.8 Å². The summed E-state index contributed by atoms with van der Waals surface area (Å²) in [5.74, 6) is 0.853. The van der Waals surface area contributed by atoms with E-state index in [1.807, 2.05) is 36.4 Å². The van der Waals surface area contributed by atoms with Gasteiger partial charge in [0, 0.05) is 17.8 Å². The van der Waals surface area contributed by atoms with E-state index in [0.29, 0.717) is 33.6 Å². The molecule has 8 heteroatoms. The molecule has 0 aliphatic carbocycles. The Hall–Kier alpha value is -3.71. The van der Waals surface area contributed by atoms with Crippen LogP contribution in [-0.2, 0) is 9.59 Å². The normalized spacial score (nSPS) is 17.4. The summed E-state index contributed by atoms with van der Waals surface area (Å²) < 4.78 is 15.7. The lowest BCUT2D eigenvalue weighted by Gasteiger charge is -2.28. The maximum Gasteiger partial charge on any atom is 0.230 e. The number of ether oxygens (including phenoxy) is 3. The average Bonchev–Trinajstić information content (AvgIpc) is 3.21. The molecule has 0 radical (unpaired) electrons. The molecule has 1 N–H and O–H groups in total. The quantitative estimate of drug-likeness (QED) is 0.509. The summed E-state index contributed by atoms with van der Waals surface area (Å²) in [4.78, 5) is 28.3. The van der Waals surface area contributed by atoms with E-state index in [1.54, 1.807) is 49.5 Å². The lowest BCUT2D eigenvalue weighted by molar-refractivity contribution is -0.122. The van der Waals surface area contributed by atoms with Crippen LogP contribution in [0.2, 0.25) is 5.02 Å². The second-order valence-electron chi connectivity index (χ2n) is 7.83. The van der Waals surface area contributed by atoms with Crippen LogP contribution in [-0.4, -0.2) is 33.1 Å². The maximum atomic E-state index is 13.4. The first-order chi connectivity index (χ1) is 16.4. The second kappa shape index (κ2) is 10.1. The number of rotatable bonds is 7. The van der Waals surface area contributed by atoms with Crippen LogP contribution >= 0.6 is 11.6 Å². The zero-order chi connectivity index (χ0) is 24.2. The number of hydrogen-bond donors (Lipinski definition) is 1. The Balaban J connectivity index is 1.68. The van der Waals surface area contributed by atoms with Crippen LogP contribution in [0.25, 0.3) is 0 Å². The fourth-order valence-corrected chi connectivity index (χ4v) is 4.44. The monoisotopic (exact) mass is 480 g/mol. The van der Waals surface area contributed by atoms with Gasteiger partial charge in [-0.05, 0) is 60.2 Å². The summed E-state index contributed by atoms with van der Waals surface area (Å²) in [7, 11) is 4.70. The van der Waals surface area contributed by atoms with Gasteiger partial charge in [-0.15, -0.1) is 0 Å². The zero-order valence-corrected chi connectivity index (χ0v) is 19.8. The Morgan fingerprint density at radius 2 is 1.53 bits per heavy atom. The summed E-state index contributed by atoms with van der Waals surface area (Å²) >= 11 is 6.22. The molecular weight excluding hydrogens is 456 g/mol. The molecule has 2 atom stereocenters. The van der Waals surface area contributed by atoms with Crippen molar-refractivity contribution in [3.8, 4) is 17.2 Å². The molecular formula is C26H25ClN2O5. The van der Waals surface area contributed by atoms with Gasteiger partial charge in [0.2, 0.25) is 11.8 Å². The van der Waals surface area contributed by atoms with Crippen LogP contribution in [0.3, 0.4) is 0 Å². The van der Waals surface area contributed by atoms with Gasteiger partial charge >= 0.3 is 0 Å². The molecule has 2 amide bonds. The molecule has 7 nitrogen and oxygen atoms in total. The molecule has 1 heterocycles. The Labute approximate surface area is 203 Å². The third kappa shape index (κ3) is 4.65. The maximum absolute atomic E-state index is 13.4. The lowest BCUT2D eigenvalue weighted by Crippen LogP contribution is -2.32. The lowest BCUT2D eigenvalue weighted by atomic mass is 9.92. The smallest absolute Gasteiger partial charge is 0.230 e. The SMILES string of the molecule is COc1ccc(C2C(C(=O)Nc3ccc(OC)c(Cl)c3)CC(=O)N2c2ccc(OC)cc2)cc1. The van der Waals surface area contributed by atoms with Crippen LogP contribution in [0.4, 0.5) is 11.4 Å². The van der Waals surface area contributed by atoms with Crippen molar-refractivity contribution in [3.05, 3.63) is 77.3 Å². The van der Waals surface area contributed by atoms with E-state index >= 15 is 0 Å². The van der Waals surface area contributed by atoms with E-state index in [-0.39, 0.29) is 18.2 Å². The highest BCUT2D eigenvalue weighted by Crippen LogP contribution is 2.42. The highest BCUT2D eigenvalue weighted by Gasteiger charge is 2.45. The van der Waals surface area contributed by atoms with Crippen LogP contribution in [0.15, 0.2) is 66.7 Å². The van der Waals surface area contributed by atoms with Crippen LogP contribution in [0, 0.1) is 5.92 Å². The first-order valence-electron chi connectivity index (χ1n) is 10.7. The fourth-order valence-electron chi connectivity index (χ4n) is 4.18. The zero-order valence-electron chi connectivity index (χ0n) is 19.1. The molecule has 0 saturated carbocycles. The summed E-state index contributed by atoms with van der Waals surface area (Å²) in [5.41, 5.74) is 2.05. The van der Waals surface area contributed by atoms with Crippen molar-refractivity contribution in [2.45, 2.75) is 12.5 Å². The standard InChI is InChI=1S/C26H25ClN2O5/c1-32-19-9-4-16(5-10-19)25-21(26(31)28-17-6-13-23(34-3)22(27)14-17)15-24(30)29(25)18-7-11-20(33-2)12-8-18/h4-14,21,25H,15H2,1-3H3,(H,28,31). The van der Waals surface area contributed by atoms with Gasteiger partial charge in [0.1, 0.15) is 17.2 Å². The Bertz CT molecular complexity index is 1180. The molecule has 1 saturated heterocycles. The van der Waals surface area contributed by atoms with Gasteiger partial charge in [0.15, 0.2) is 0 Å². The third-order valence-electron chi connectivity index (χ3n) is 5.89. The van der Waals surface area contributed by atoms with E-state index < -0.39 is 12.0 Å². The number of anilines is 2. The van der Waals surface area contributed by atoms with Gasteiger partial charge in [0.25, 0.3) is 0 Å². The Morgan fingerprint density at radius 3 is 2.09 bits per heavy atom. The number of hydrogen-bond acceptors (Lipinski definition) is 5. The van der Waals surface area contributed by atoms with E-state index in [0.717, 1.165) is 5.56 Å². The van der Waals surface area contributed by atoms with Crippen LogP contribution < -0.4 is 24.4 Å². The molecule has 34 heavy (non-hydrogen) atoms. The Morgan fingerprint density at radius 1 is 0.912 bits per heavy atom. The molecule has 1 aliphatic rings. The second-order valence-corrected chi connectivity index (χ2v) is 8.24. The predicted octanol–water partition coefficient (Wildman–Crippen LogP) is 5.10. The molecule has 2 unspecified atom stereocenters. The molecule has 0 spiro atoms. The minimum absolute atomic E-state index is 0.0679. The summed E-state index contributed by atoms with van der Waals surface area (Å²) in [6.45, 7) is 0. The predicted molar refractivity (Wildman–Crippen MR) is 131 cm³/mol. The number of nitrogens with zero attached hydrogens (tertiary/aromatic N) is 1. The van der Waals surface area contributed by atoms with Gasteiger partial charge in [0.05, 0.1) is 38.3 Å². The molecule has 0 bridgehead atoms. The van der Waals surface area contributed by atoms with Crippen molar-refractivity contribution in [1.82, 2.24) is 0 Å². The van der Waals surface area contributed by atoms with Gasteiger partial charge in [-0.1, -0.05) is 23.7 Å². The number of carbonyl (C=O) groups excluding carboxylic acids is 2. The molecule has 1 aliphatic heterocycles. The molecule has 3 aromatic rings. The van der Waals surface area contributed by atoms with Crippen LogP contribution in [0.5, 0.6) is 17.2 Å². The van der Waals surface area contributed by atoms with Crippen molar-refractivity contribution in [3.63, 3.8) is 0 Å². The van der Waals surface area contributed by atoms with E-state index in [4.69, 9.17) is 25.8 Å².